The van der Waals surface area contributed by atoms with Gasteiger partial charge in [-0.1, -0.05) is 24.6 Å². The average molecular weight is 302 g/mol. The van der Waals surface area contributed by atoms with Crippen molar-refractivity contribution >= 4 is 11.6 Å². The van der Waals surface area contributed by atoms with E-state index < -0.39 is 0 Å². The van der Waals surface area contributed by atoms with Gasteiger partial charge >= 0.3 is 0 Å². The standard InChI is InChI=1S/C15H24ClNO3/c1-5-15(2,8-9-18)17-10-11-6-7-12(19-3)14(20-4)13(11)16/h6-7,17-18H,5,8-10H2,1-4H3. The molecule has 0 radical (unpaired) electrons. The van der Waals surface area contributed by atoms with Crippen molar-refractivity contribution in [1.29, 1.82) is 0 Å². The van der Waals surface area contributed by atoms with E-state index in [9.17, 15) is 0 Å². The Hall–Kier alpha value is -0.970. The van der Waals surface area contributed by atoms with Crippen LogP contribution >= 0.6 is 11.6 Å². The van der Waals surface area contributed by atoms with E-state index in [1.165, 1.54) is 0 Å². The Bertz CT molecular complexity index is 439. The number of aliphatic hydroxyl groups excluding tert-OH is 1. The van der Waals surface area contributed by atoms with Crippen molar-refractivity contribution in [2.75, 3.05) is 20.8 Å². The van der Waals surface area contributed by atoms with E-state index in [2.05, 4.69) is 19.2 Å². The van der Waals surface area contributed by atoms with Crippen LogP contribution in [0.3, 0.4) is 0 Å². The van der Waals surface area contributed by atoms with Crippen LogP contribution in [0.4, 0.5) is 0 Å². The van der Waals surface area contributed by atoms with Gasteiger partial charge in [0.15, 0.2) is 11.5 Å². The Labute approximate surface area is 126 Å². The second-order valence-corrected chi connectivity index (χ2v) is 5.39. The summed E-state index contributed by atoms with van der Waals surface area (Å²) in [7, 11) is 3.16. The molecule has 0 aliphatic rings. The molecule has 0 bridgehead atoms. The molecule has 20 heavy (non-hydrogen) atoms. The highest BCUT2D eigenvalue weighted by atomic mass is 35.5. The van der Waals surface area contributed by atoms with Crippen LogP contribution in [0.15, 0.2) is 12.1 Å². The minimum Gasteiger partial charge on any atom is -0.493 e. The molecule has 1 rings (SSSR count). The van der Waals surface area contributed by atoms with Gasteiger partial charge in [-0.25, -0.2) is 0 Å². The third-order valence-electron chi connectivity index (χ3n) is 3.71. The van der Waals surface area contributed by atoms with Crippen molar-refractivity contribution in [2.45, 2.75) is 38.8 Å². The number of nitrogens with one attached hydrogen (secondary N) is 1. The number of methoxy groups -OCH3 is 2. The largest absolute Gasteiger partial charge is 0.493 e. The van der Waals surface area contributed by atoms with E-state index in [-0.39, 0.29) is 12.1 Å². The van der Waals surface area contributed by atoms with Gasteiger partial charge in [-0.2, -0.15) is 0 Å². The maximum atomic E-state index is 9.13. The number of halogens is 1. The van der Waals surface area contributed by atoms with E-state index >= 15 is 0 Å². The highest BCUT2D eigenvalue weighted by Crippen LogP contribution is 2.37. The molecule has 1 unspecified atom stereocenters. The Balaban J connectivity index is 2.88. The Morgan fingerprint density at radius 3 is 2.50 bits per heavy atom. The predicted molar refractivity (Wildman–Crippen MR) is 81.8 cm³/mol. The second kappa shape index (κ2) is 7.72. The van der Waals surface area contributed by atoms with E-state index in [0.29, 0.717) is 29.5 Å². The highest BCUT2D eigenvalue weighted by molar-refractivity contribution is 6.33. The average Bonchev–Trinajstić information content (AvgIpc) is 2.46. The van der Waals surface area contributed by atoms with Crippen molar-refractivity contribution in [2.24, 2.45) is 0 Å². The molecule has 1 atom stereocenters. The highest BCUT2D eigenvalue weighted by Gasteiger charge is 2.21. The number of ether oxygens (including phenoxy) is 2. The first-order valence-corrected chi connectivity index (χ1v) is 7.14. The first-order valence-electron chi connectivity index (χ1n) is 6.76. The maximum Gasteiger partial charge on any atom is 0.179 e. The normalized spacial score (nSPS) is 13.9. The van der Waals surface area contributed by atoms with Crippen molar-refractivity contribution in [3.63, 3.8) is 0 Å². The molecule has 114 valence electrons. The van der Waals surface area contributed by atoms with Crippen LogP contribution < -0.4 is 14.8 Å². The van der Waals surface area contributed by atoms with Gasteiger partial charge in [0.1, 0.15) is 0 Å². The van der Waals surface area contributed by atoms with Gasteiger partial charge in [0.05, 0.1) is 19.2 Å². The Morgan fingerprint density at radius 2 is 2.00 bits per heavy atom. The van der Waals surface area contributed by atoms with Gasteiger partial charge in [0.2, 0.25) is 0 Å². The summed E-state index contributed by atoms with van der Waals surface area (Å²) in [6.45, 7) is 4.97. The van der Waals surface area contributed by atoms with Crippen molar-refractivity contribution in [3.8, 4) is 11.5 Å². The Kier molecular flexibility index (Phi) is 6.59. The second-order valence-electron chi connectivity index (χ2n) is 5.02. The zero-order valence-electron chi connectivity index (χ0n) is 12.6. The van der Waals surface area contributed by atoms with Crippen molar-refractivity contribution < 1.29 is 14.6 Å². The van der Waals surface area contributed by atoms with Crippen LogP contribution in [0, 0.1) is 0 Å². The van der Waals surface area contributed by atoms with Crippen LogP contribution in [-0.2, 0) is 6.54 Å². The van der Waals surface area contributed by atoms with E-state index in [4.69, 9.17) is 26.2 Å². The third kappa shape index (κ3) is 4.01. The SMILES string of the molecule is CCC(C)(CCO)NCc1ccc(OC)c(OC)c1Cl. The molecule has 1 aromatic carbocycles. The molecular formula is C15H24ClNO3. The smallest absolute Gasteiger partial charge is 0.179 e. The van der Waals surface area contributed by atoms with Crippen LogP contribution in [0.25, 0.3) is 0 Å². The summed E-state index contributed by atoms with van der Waals surface area (Å²) in [5, 5.41) is 13.1. The molecule has 0 saturated heterocycles. The lowest BCUT2D eigenvalue weighted by Gasteiger charge is -2.29. The molecule has 0 aliphatic heterocycles. The van der Waals surface area contributed by atoms with E-state index in [1.54, 1.807) is 14.2 Å². The first kappa shape index (κ1) is 17.1. The topological polar surface area (TPSA) is 50.7 Å². The zero-order chi connectivity index (χ0) is 15.2. The Morgan fingerprint density at radius 1 is 1.30 bits per heavy atom. The molecule has 1 aromatic rings. The van der Waals surface area contributed by atoms with Crippen LogP contribution in [0.1, 0.15) is 32.3 Å². The van der Waals surface area contributed by atoms with Gasteiger partial charge in [0.25, 0.3) is 0 Å². The minimum atomic E-state index is -0.106. The molecule has 5 heteroatoms. The number of hydrogen-bond acceptors (Lipinski definition) is 4. The summed E-state index contributed by atoms with van der Waals surface area (Å²) < 4.78 is 10.5. The summed E-state index contributed by atoms with van der Waals surface area (Å²) >= 11 is 6.35. The van der Waals surface area contributed by atoms with Gasteiger partial charge in [-0.3, -0.25) is 0 Å². The van der Waals surface area contributed by atoms with Crippen LogP contribution in [0.5, 0.6) is 11.5 Å². The summed E-state index contributed by atoms with van der Waals surface area (Å²) in [6, 6.07) is 3.77. The number of hydrogen-bond donors (Lipinski definition) is 2. The van der Waals surface area contributed by atoms with Crippen molar-refractivity contribution in [3.05, 3.63) is 22.7 Å². The van der Waals surface area contributed by atoms with E-state index in [1.807, 2.05) is 12.1 Å². The molecule has 0 saturated carbocycles. The molecule has 4 nitrogen and oxygen atoms in total. The van der Waals surface area contributed by atoms with Gasteiger partial charge in [-0.15, -0.1) is 0 Å². The van der Waals surface area contributed by atoms with Crippen molar-refractivity contribution in [1.82, 2.24) is 5.32 Å². The summed E-state index contributed by atoms with van der Waals surface area (Å²) in [5.41, 5.74) is 0.840. The van der Waals surface area contributed by atoms with Gasteiger partial charge in [0, 0.05) is 18.7 Å². The van der Waals surface area contributed by atoms with Crippen LogP contribution in [0.2, 0.25) is 5.02 Å². The first-order chi connectivity index (χ1) is 9.51. The summed E-state index contributed by atoms with van der Waals surface area (Å²) in [5.74, 6) is 1.17. The molecule has 0 aliphatic carbocycles. The maximum absolute atomic E-state index is 9.13. The monoisotopic (exact) mass is 301 g/mol. The molecule has 0 amide bonds. The zero-order valence-corrected chi connectivity index (χ0v) is 13.4. The quantitative estimate of drug-likeness (QED) is 0.775. The number of rotatable bonds is 8. The summed E-state index contributed by atoms with van der Waals surface area (Å²) in [4.78, 5) is 0. The molecule has 0 aromatic heterocycles. The summed E-state index contributed by atoms with van der Waals surface area (Å²) in [6.07, 6.45) is 1.63. The number of aliphatic hydroxyl groups is 1. The molecule has 0 fully saturated rings. The lowest BCUT2D eigenvalue weighted by atomic mass is 9.94. The van der Waals surface area contributed by atoms with Crippen LogP contribution in [-0.4, -0.2) is 31.5 Å². The minimum absolute atomic E-state index is 0.106. The fraction of sp³-hybridized carbons (Fsp3) is 0.600. The number of benzene rings is 1. The lowest BCUT2D eigenvalue weighted by Crippen LogP contribution is -2.42. The third-order valence-corrected chi connectivity index (χ3v) is 4.13. The molecular weight excluding hydrogens is 278 g/mol. The van der Waals surface area contributed by atoms with Gasteiger partial charge in [-0.05, 0) is 31.4 Å². The molecule has 2 N–H and O–H groups in total. The van der Waals surface area contributed by atoms with E-state index in [0.717, 1.165) is 12.0 Å². The molecule has 0 spiro atoms. The predicted octanol–water partition coefficient (Wildman–Crippen LogP) is 3.00. The fourth-order valence-corrected chi connectivity index (χ4v) is 2.31. The fourth-order valence-electron chi connectivity index (χ4n) is 2.01. The van der Waals surface area contributed by atoms with Gasteiger partial charge < -0.3 is 19.9 Å². The molecule has 0 heterocycles. The lowest BCUT2D eigenvalue weighted by molar-refractivity contribution is 0.214.